The Hall–Kier alpha value is -1.77. The van der Waals surface area contributed by atoms with Gasteiger partial charge in [-0.05, 0) is 13.8 Å². The summed E-state index contributed by atoms with van der Waals surface area (Å²) in [7, 11) is 0. The summed E-state index contributed by atoms with van der Waals surface area (Å²) in [5, 5.41) is 2.53. The van der Waals surface area contributed by atoms with Crippen LogP contribution >= 0.6 is 0 Å². The minimum Gasteiger partial charge on any atom is -0.302 e. The molecule has 0 aromatic rings. The van der Waals surface area contributed by atoms with Crippen LogP contribution in [0.15, 0.2) is 15.0 Å². The number of nitrogens with one attached hydrogen (secondary N) is 1. The maximum Gasteiger partial charge on any atom is 0.226 e. The third kappa shape index (κ3) is 1.54. The van der Waals surface area contributed by atoms with Crippen LogP contribution in [0.2, 0.25) is 0 Å². The van der Waals surface area contributed by atoms with E-state index in [1.807, 2.05) is 0 Å². The van der Waals surface area contributed by atoms with Gasteiger partial charge in [0.1, 0.15) is 12.1 Å². The van der Waals surface area contributed by atoms with Crippen LogP contribution < -0.4 is 16.8 Å². The van der Waals surface area contributed by atoms with Gasteiger partial charge in [-0.15, -0.1) is 0 Å². The monoisotopic (exact) mass is 236 g/mol. The molecule has 8 heteroatoms. The third-order valence-corrected chi connectivity index (χ3v) is 2.71. The van der Waals surface area contributed by atoms with E-state index in [9.17, 15) is 9.59 Å². The lowest BCUT2D eigenvalue weighted by molar-refractivity contribution is -0.126. The second kappa shape index (κ2) is 3.36. The number of aliphatic imine (C=N–C) groups is 3. The van der Waals surface area contributed by atoms with Gasteiger partial charge in [-0.3, -0.25) is 15.3 Å². The molecule has 2 aliphatic rings. The van der Waals surface area contributed by atoms with E-state index in [1.165, 1.54) is 20.2 Å². The first kappa shape index (κ1) is 11.7. The van der Waals surface area contributed by atoms with Gasteiger partial charge in [-0.1, -0.05) is 0 Å². The number of hydrogen-bond acceptors (Lipinski definition) is 8. The van der Waals surface area contributed by atoms with Crippen LogP contribution in [-0.4, -0.2) is 40.9 Å². The third-order valence-electron chi connectivity index (χ3n) is 2.71. The summed E-state index contributed by atoms with van der Waals surface area (Å²) in [4.78, 5) is 34.7. The van der Waals surface area contributed by atoms with E-state index < -0.39 is 23.0 Å². The predicted molar refractivity (Wildman–Crippen MR) is 61.7 cm³/mol. The smallest absolute Gasteiger partial charge is 0.226 e. The fraction of sp³-hybridized carbons (Fsp3) is 0.444. The fourth-order valence-electron chi connectivity index (χ4n) is 1.60. The van der Waals surface area contributed by atoms with Crippen molar-refractivity contribution in [2.75, 3.05) is 0 Å². The molecule has 0 aromatic carbocycles. The molecule has 0 aromatic heterocycles. The average Bonchev–Trinajstić information content (AvgIpc) is 2.65. The molecule has 0 radical (unpaired) electrons. The Balaban J connectivity index is 2.59. The molecular weight excluding hydrogens is 224 g/mol. The lowest BCUT2D eigenvalue weighted by Crippen LogP contribution is -2.78. The molecule has 8 nitrogen and oxygen atoms in total. The Bertz CT molecular complexity index is 508. The lowest BCUT2D eigenvalue weighted by atomic mass is 9.95. The van der Waals surface area contributed by atoms with Crippen molar-refractivity contribution in [2.45, 2.75) is 25.3 Å². The van der Waals surface area contributed by atoms with Gasteiger partial charge in [-0.25, -0.2) is 20.3 Å². The van der Waals surface area contributed by atoms with Crippen molar-refractivity contribution in [2.24, 2.45) is 26.4 Å². The van der Waals surface area contributed by atoms with Crippen LogP contribution in [0, 0.1) is 0 Å². The Kier molecular flexibility index (Phi) is 2.31. The number of hydrogen-bond donors (Lipinski definition) is 3. The minimum absolute atomic E-state index is 0.110. The largest absolute Gasteiger partial charge is 0.302 e. The zero-order valence-electron chi connectivity index (χ0n) is 9.39. The summed E-state index contributed by atoms with van der Waals surface area (Å²) in [5.74, 6) is -2.54. The van der Waals surface area contributed by atoms with Gasteiger partial charge in [0.25, 0.3) is 0 Å². The van der Waals surface area contributed by atoms with E-state index in [0.29, 0.717) is 0 Å². The quantitative estimate of drug-likeness (QED) is 0.505. The van der Waals surface area contributed by atoms with E-state index in [-0.39, 0.29) is 11.5 Å². The van der Waals surface area contributed by atoms with Crippen LogP contribution in [0.25, 0.3) is 0 Å². The first-order chi connectivity index (χ1) is 7.79. The molecule has 5 N–H and O–H groups in total. The highest BCUT2D eigenvalue weighted by Gasteiger charge is 2.51. The molecule has 2 atom stereocenters. The van der Waals surface area contributed by atoms with Crippen LogP contribution in [0.3, 0.4) is 0 Å². The van der Waals surface area contributed by atoms with Crippen molar-refractivity contribution in [1.29, 1.82) is 0 Å². The topological polar surface area (TPSA) is 135 Å². The molecule has 2 rings (SSSR count). The Labute approximate surface area is 96.9 Å². The molecule has 0 aliphatic carbocycles. The van der Waals surface area contributed by atoms with Crippen molar-refractivity contribution in [3.63, 3.8) is 0 Å². The number of rotatable bonds is 2. The van der Waals surface area contributed by atoms with E-state index in [1.54, 1.807) is 0 Å². The summed E-state index contributed by atoms with van der Waals surface area (Å²) >= 11 is 0. The molecule has 17 heavy (non-hydrogen) atoms. The second-order valence-electron chi connectivity index (χ2n) is 3.97. The van der Waals surface area contributed by atoms with Crippen LogP contribution in [0.4, 0.5) is 0 Å². The predicted octanol–water partition coefficient (Wildman–Crippen LogP) is -2.08. The number of Topliss-reactive ketones (excluding diaryl/α,β-unsaturated/α-hetero) is 2. The highest BCUT2D eigenvalue weighted by atomic mass is 16.1. The molecule has 2 unspecified atom stereocenters. The number of nitrogens with two attached hydrogens (primary N) is 2. The fourth-order valence-corrected chi connectivity index (χ4v) is 1.60. The maximum absolute atomic E-state index is 11.6. The standard InChI is InChI=1S/C9H12N6O2/c1-4(16)8(10)6-7(13-3-12-6)14-9(11,15-8)5(2)17/h3,15H,10-11H2,1-2H3. The van der Waals surface area contributed by atoms with Crippen molar-refractivity contribution in [3.05, 3.63) is 0 Å². The molecule has 2 aliphatic heterocycles. The molecule has 0 saturated heterocycles. The highest BCUT2D eigenvalue weighted by Crippen LogP contribution is 2.19. The number of nitrogens with zero attached hydrogens (tertiary/aromatic N) is 3. The SMILES string of the molecule is CC(=O)C1(N)N=C2N=CN=C2C(N)(C(C)=O)N1. The first-order valence-electron chi connectivity index (χ1n) is 4.90. The van der Waals surface area contributed by atoms with E-state index >= 15 is 0 Å². The van der Waals surface area contributed by atoms with Gasteiger partial charge >= 0.3 is 0 Å². The number of carbonyl (C=O) groups excluding carboxylic acids is 2. The second-order valence-corrected chi connectivity index (χ2v) is 3.97. The average molecular weight is 236 g/mol. The van der Waals surface area contributed by atoms with E-state index in [4.69, 9.17) is 11.5 Å². The zero-order valence-corrected chi connectivity index (χ0v) is 9.39. The molecular formula is C9H12N6O2. The lowest BCUT2D eigenvalue weighted by Gasteiger charge is -2.39. The summed E-state index contributed by atoms with van der Waals surface area (Å²) in [6.07, 6.45) is 1.21. The molecule has 0 amide bonds. The van der Waals surface area contributed by atoms with Gasteiger partial charge < -0.3 is 5.73 Å². The number of amidine groups is 1. The molecule has 0 saturated carbocycles. The normalized spacial score (nSPS) is 35.1. The Morgan fingerprint density at radius 2 is 1.94 bits per heavy atom. The summed E-state index contributed by atoms with van der Waals surface area (Å²) < 4.78 is 0. The van der Waals surface area contributed by atoms with Crippen molar-refractivity contribution >= 4 is 29.5 Å². The highest BCUT2D eigenvalue weighted by molar-refractivity contribution is 6.53. The van der Waals surface area contributed by atoms with Crippen molar-refractivity contribution < 1.29 is 9.59 Å². The molecule has 90 valence electrons. The molecule has 0 spiro atoms. The summed E-state index contributed by atoms with van der Waals surface area (Å²) in [5.41, 5.74) is 10.2. The van der Waals surface area contributed by atoms with Gasteiger partial charge in [-0.2, -0.15) is 0 Å². The van der Waals surface area contributed by atoms with Crippen molar-refractivity contribution in [1.82, 2.24) is 5.32 Å². The molecule has 2 heterocycles. The number of fused-ring (bicyclic) bond motifs is 1. The number of carbonyl (C=O) groups is 2. The summed E-state index contributed by atoms with van der Waals surface area (Å²) in [6, 6.07) is 0. The maximum atomic E-state index is 11.6. The Morgan fingerprint density at radius 1 is 1.29 bits per heavy atom. The minimum atomic E-state index is -1.75. The molecule has 0 bridgehead atoms. The zero-order chi connectivity index (χ0) is 12.8. The first-order valence-corrected chi connectivity index (χ1v) is 4.90. The van der Waals surface area contributed by atoms with Crippen LogP contribution in [-0.2, 0) is 9.59 Å². The van der Waals surface area contributed by atoms with E-state index in [0.717, 1.165) is 0 Å². The summed E-state index contributed by atoms with van der Waals surface area (Å²) in [6.45, 7) is 2.52. The van der Waals surface area contributed by atoms with Gasteiger partial charge in [0.15, 0.2) is 23.1 Å². The molecule has 0 fully saturated rings. The van der Waals surface area contributed by atoms with E-state index in [2.05, 4.69) is 20.3 Å². The Morgan fingerprint density at radius 3 is 2.47 bits per heavy atom. The van der Waals surface area contributed by atoms with Gasteiger partial charge in [0.2, 0.25) is 5.79 Å². The van der Waals surface area contributed by atoms with Crippen molar-refractivity contribution in [3.8, 4) is 0 Å². The van der Waals surface area contributed by atoms with Gasteiger partial charge in [0, 0.05) is 0 Å². The van der Waals surface area contributed by atoms with Crippen LogP contribution in [0.5, 0.6) is 0 Å². The number of ketones is 2. The van der Waals surface area contributed by atoms with Gasteiger partial charge in [0.05, 0.1) is 0 Å². The van der Waals surface area contributed by atoms with Crippen LogP contribution in [0.1, 0.15) is 13.8 Å².